The molecule has 2 N–H and O–H groups in total. The van der Waals surface area contributed by atoms with Gasteiger partial charge in [0.1, 0.15) is 5.75 Å². The molecule has 1 aromatic carbocycles. The Morgan fingerprint density at radius 1 is 1.40 bits per heavy atom. The molecule has 0 saturated carbocycles. The van der Waals surface area contributed by atoms with Crippen molar-refractivity contribution in [2.45, 2.75) is 25.0 Å². The second-order valence-electron chi connectivity index (χ2n) is 4.05. The van der Waals surface area contributed by atoms with Gasteiger partial charge in [0.2, 0.25) is 0 Å². The molecule has 0 amide bonds. The number of methoxy groups -OCH3 is 1. The van der Waals surface area contributed by atoms with Gasteiger partial charge < -0.3 is 15.2 Å². The molecule has 0 aromatic heterocycles. The summed E-state index contributed by atoms with van der Waals surface area (Å²) in [6, 6.07) is 8.51. The SMILES string of the molecule is COc1ccc(C[C@@H]2C[C@H](O)CN2)cc1. The number of benzene rings is 1. The molecule has 0 unspecified atom stereocenters. The Morgan fingerprint density at radius 3 is 2.67 bits per heavy atom. The number of aliphatic hydroxyl groups is 1. The van der Waals surface area contributed by atoms with Crippen molar-refractivity contribution < 1.29 is 9.84 Å². The first-order chi connectivity index (χ1) is 7.28. The summed E-state index contributed by atoms with van der Waals surface area (Å²) in [5.74, 6) is 0.887. The maximum absolute atomic E-state index is 9.38. The summed E-state index contributed by atoms with van der Waals surface area (Å²) in [7, 11) is 1.67. The molecule has 1 heterocycles. The van der Waals surface area contributed by atoms with Gasteiger partial charge in [0, 0.05) is 12.6 Å². The van der Waals surface area contributed by atoms with Gasteiger partial charge in [-0.25, -0.2) is 0 Å². The minimum atomic E-state index is -0.173. The Hall–Kier alpha value is -1.06. The third-order valence-corrected chi connectivity index (χ3v) is 2.84. The van der Waals surface area contributed by atoms with Crippen LogP contribution in [0.2, 0.25) is 0 Å². The zero-order chi connectivity index (χ0) is 10.7. The Bertz CT molecular complexity index is 310. The summed E-state index contributed by atoms with van der Waals surface area (Å²) in [4.78, 5) is 0. The fraction of sp³-hybridized carbons (Fsp3) is 0.500. The number of ether oxygens (including phenoxy) is 1. The summed E-state index contributed by atoms with van der Waals surface area (Å²) in [6.07, 6.45) is 1.65. The van der Waals surface area contributed by atoms with Crippen LogP contribution in [0.3, 0.4) is 0 Å². The van der Waals surface area contributed by atoms with Crippen molar-refractivity contribution in [3.63, 3.8) is 0 Å². The molecule has 2 atom stereocenters. The molecular formula is C12H17NO2. The van der Waals surface area contributed by atoms with E-state index in [1.165, 1.54) is 5.56 Å². The highest BCUT2D eigenvalue weighted by Gasteiger charge is 2.21. The monoisotopic (exact) mass is 207 g/mol. The summed E-state index contributed by atoms with van der Waals surface area (Å²) in [5, 5.41) is 12.7. The first-order valence-electron chi connectivity index (χ1n) is 5.32. The molecule has 1 saturated heterocycles. The van der Waals surface area contributed by atoms with E-state index in [9.17, 15) is 5.11 Å². The molecule has 1 aliphatic rings. The van der Waals surface area contributed by atoms with Crippen LogP contribution in [0.4, 0.5) is 0 Å². The van der Waals surface area contributed by atoms with Gasteiger partial charge >= 0.3 is 0 Å². The van der Waals surface area contributed by atoms with E-state index in [1.54, 1.807) is 7.11 Å². The minimum Gasteiger partial charge on any atom is -0.497 e. The molecule has 3 nitrogen and oxygen atoms in total. The topological polar surface area (TPSA) is 41.5 Å². The van der Waals surface area contributed by atoms with Crippen LogP contribution in [0, 0.1) is 0 Å². The second kappa shape index (κ2) is 4.64. The fourth-order valence-corrected chi connectivity index (χ4v) is 2.00. The molecule has 2 rings (SSSR count). The van der Waals surface area contributed by atoms with E-state index >= 15 is 0 Å². The van der Waals surface area contributed by atoms with Crippen molar-refractivity contribution in [2.24, 2.45) is 0 Å². The zero-order valence-electron chi connectivity index (χ0n) is 8.94. The molecule has 3 heteroatoms. The Kier molecular flexibility index (Phi) is 3.23. The van der Waals surface area contributed by atoms with Gasteiger partial charge in [-0.2, -0.15) is 0 Å². The summed E-state index contributed by atoms with van der Waals surface area (Å²) < 4.78 is 5.10. The van der Waals surface area contributed by atoms with Crippen molar-refractivity contribution in [1.82, 2.24) is 5.32 Å². The van der Waals surface area contributed by atoms with Crippen LogP contribution in [0.1, 0.15) is 12.0 Å². The van der Waals surface area contributed by atoms with E-state index in [1.807, 2.05) is 12.1 Å². The standard InChI is InChI=1S/C12H17NO2/c1-15-12-4-2-9(3-5-12)6-10-7-11(14)8-13-10/h2-5,10-11,13-14H,6-8H2,1H3/t10-,11+/m1/s1. The van der Waals surface area contributed by atoms with Crippen LogP contribution in [0.5, 0.6) is 5.75 Å². The largest absolute Gasteiger partial charge is 0.497 e. The number of aliphatic hydroxyl groups excluding tert-OH is 1. The van der Waals surface area contributed by atoms with Crippen molar-refractivity contribution in [1.29, 1.82) is 0 Å². The summed E-state index contributed by atoms with van der Waals surface area (Å²) >= 11 is 0. The summed E-state index contributed by atoms with van der Waals surface area (Å²) in [5.41, 5.74) is 1.28. The van der Waals surface area contributed by atoms with Gasteiger partial charge in [-0.05, 0) is 30.5 Å². The van der Waals surface area contributed by atoms with E-state index in [4.69, 9.17) is 4.74 Å². The van der Waals surface area contributed by atoms with Crippen LogP contribution in [-0.4, -0.2) is 30.9 Å². The highest BCUT2D eigenvalue weighted by atomic mass is 16.5. The van der Waals surface area contributed by atoms with Gasteiger partial charge in [-0.1, -0.05) is 12.1 Å². The van der Waals surface area contributed by atoms with Crippen molar-refractivity contribution in [2.75, 3.05) is 13.7 Å². The van der Waals surface area contributed by atoms with E-state index in [2.05, 4.69) is 17.4 Å². The summed E-state index contributed by atoms with van der Waals surface area (Å²) in [6.45, 7) is 0.723. The van der Waals surface area contributed by atoms with Crippen LogP contribution >= 0.6 is 0 Å². The van der Waals surface area contributed by atoms with Gasteiger partial charge in [-0.15, -0.1) is 0 Å². The number of β-amino-alcohol motifs (C(OH)–C–C–N with tert-alkyl or cyclic N) is 1. The molecule has 0 aliphatic carbocycles. The number of hydrogen-bond donors (Lipinski definition) is 2. The highest BCUT2D eigenvalue weighted by Crippen LogP contribution is 2.16. The maximum atomic E-state index is 9.38. The Labute approximate surface area is 90.1 Å². The van der Waals surface area contributed by atoms with E-state index in [0.29, 0.717) is 6.04 Å². The normalized spacial score (nSPS) is 25.5. The first-order valence-corrected chi connectivity index (χ1v) is 5.32. The molecule has 0 bridgehead atoms. The molecule has 15 heavy (non-hydrogen) atoms. The molecular weight excluding hydrogens is 190 g/mol. The second-order valence-corrected chi connectivity index (χ2v) is 4.05. The third-order valence-electron chi connectivity index (χ3n) is 2.84. The average molecular weight is 207 g/mol. The highest BCUT2D eigenvalue weighted by molar-refractivity contribution is 5.27. The lowest BCUT2D eigenvalue weighted by Gasteiger charge is -2.10. The molecule has 82 valence electrons. The van der Waals surface area contributed by atoms with Crippen LogP contribution in [0.15, 0.2) is 24.3 Å². The Balaban J connectivity index is 1.93. The minimum absolute atomic E-state index is 0.173. The van der Waals surface area contributed by atoms with Gasteiger partial charge in [0.25, 0.3) is 0 Å². The Morgan fingerprint density at radius 2 is 2.13 bits per heavy atom. The van der Waals surface area contributed by atoms with E-state index in [-0.39, 0.29) is 6.10 Å². The molecule has 1 fully saturated rings. The lowest BCUT2D eigenvalue weighted by atomic mass is 10.0. The van der Waals surface area contributed by atoms with Crippen molar-refractivity contribution in [3.8, 4) is 5.75 Å². The average Bonchev–Trinajstić information content (AvgIpc) is 2.65. The molecule has 0 spiro atoms. The molecule has 1 aromatic rings. The lowest BCUT2D eigenvalue weighted by Crippen LogP contribution is -2.23. The van der Waals surface area contributed by atoms with E-state index < -0.39 is 0 Å². The van der Waals surface area contributed by atoms with Gasteiger partial charge in [0.05, 0.1) is 13.2 Å². The maximum Gasteiger partial charge on any atom is 0.118 e. The predicted molar refractivity (Wildman–Crippen MR) is 59.1 cm³/mol. The zero-order valence-corrected chi connectivity index (χ0v) is 8.94. The van der Waals surface area contributed by atoms with Gasteiger partial charge in [-0.3, -0.25) is 0 Å². The van der Waals surface area contributed by atoms with Crippen LogP contribution < -0.4 is 10.1 Å². The quantitative estimate of drug-likeness (QED) is 0.775. The first kappa shape index (κ1) is 10.5. The van der Waals surface area contributed by atoms with E-state index in [0.717, 1.165) is 25.1 Å². The van der Waals surface area contributed by atoms with Crippen molar-refractivity contribution in [3.05, 3.63) is 29.8 Å². The number of nitrogens with one attached hydrogen (secondary N) is 1. The fourth-order valence-electron chi connectivity index (χ4n) is 2.00. The third kappa shape index (κ3) is 2.70. The van der Waals surface area contributed by atoms with Gasteiger partial charge in [0.15, 0.2) is 0 Å². The number of rotatable bonds is 3. The molecule has 0 radical (unpaired) electrons. The van der Waals surface area contributed by atoms with Crippen molar-refractivity contribution >= 4 is 0 Å². The number of hydrogen-bond acceptors (Lipinski definition) is 3. The van der Waals surface area contributed by atoms with Crippen LogP contribution in [0.25, 0.3) is 0 Å². The predicted octanol–water partition coefficient (Wildman–Crippen LogP) is 0.960. The molecule has 1 aliphatic heterocycles. The van der Waals surface area contributed by atoms with Crippen LogP contribution in [-0.2, 0) is 6.42 Å². The lowest BCUT2D eigenvalue weighted by molar-refractivity contribution is 0.193. The smallest absolute Gasteiger partial charge is 0.118 e.